The van der Waals surface area contributed by atoms with Crippen LogP contribution < -0.4 is 5.32 Å². The summed E-state index contributed by atoms with van der Waals surface area (Å²) in [6.07, 6.45) is 2.81. The van der Waals surface area contributed by atoms with E-state index in [0.29, 0.717) is 5.02 Å². The monoisotopic (exact) mass is 364 g/mol. The molecule has 7 heteroatoms. The predicted molar refractivity (Wildman–Crippen MR) is 91.2 cm³/mol. The van der Waals surface area contributed by atoms with Crippen LogP contribution in [0, 0.1) is 0 Å². The van der Waals surface area contributed by atoms with Gasteiger partial charge in [-0.15, -0.1) is 0 Å². The SMILES string of the molecule is O=C(COC(=O)C1(c2ccccc2)CC1)Nc1ncc(Cl)cc1Cl. The van der Waals surface area contributed by atoms with Gasteiger partial charge in [-0.3, -0.25) is 9.59 Å². The Kier molecular flexibility index (Phi) is 4.73. The predicted octanol–water partition coefficient (Wildman–Crippen LogP) is 3.60. The number of rotatable bonds is 5. The molecule has 1 N–H and O–H groups in total. The first kappa shape index (κ1) is 16.7. The zero-order valence-corrected chi connectivity index (χ0v) is 14.1. The summed E-state index contributed by atoms with van der Waals surface area (Å²) in [6.45, 7) is -0.395. The molecule has 5 nitrogen and oxygen atoms in total. The minimum absolute atomic E-state index is 0.173. The number of esters is 1. The van der Waals surface area contributed by atoms with E-state index in [1.54, 1.807) is 0 Å². The summed E-state index contributed by atoms with van der Waals surface area (Å²) in [7, 11) is 0. The lowest BCUT2D eigenvalue weighted by atomic mass is 9.96. The van der Waals surface area contributed by atoms with Crippen molar-refractivity contribution in [2.45, 2.75) is 18.3 Å². The van der Waals surface area contributed by atoms with Crippen LogP contribution in [0.15, 0.2) is 42.6 Å². The van der Waals surface area contributed by atoms with Gasteiger partial charge in [0, 0.05) is 6.20 Å². The molecule has 1 fully saturated rings. The molecule has 0 bridgehead atoms. The highest BCUT2D eigenvalue weighted by Gasteiger charge is 2.52. The maximum absolute atomic E-state index is 12.3. The van der Waals surface area contributed by atoms with E-state index in [1.807, 2.05) is 30.3 Å². The van der Waals surface area contributed by atoms with Crippen molar-refractivity contribution < 1.29 is 14.3 Å². The average Bonchev–Trinajstić information content (AvgIpc) is 3.38. The highest BCUT2D eigenvalue weighted by atomic mass is 35.5. The molecule has 1 aromatic heterocycles. The van der Waals surface area contributed by atoms with Crippen LogP contribution in [0.3, 0.4) is 0 Å². The van der Waals surface area contributed by atoms with E-state index in [-0.39, 0.29) is 16.8 Å². The molecular formula is C17H14Cl2N2O3. The largest absolute Gasteiger partial charge is 0.455 e. The number of amides is 1. The van der Waals surface area contributed by atoms with Crippen molar-refractivity contribution in [2.24, 2.45) is 0 Å². The van der Waals surface area contributed by atoms with Gasteiger partial charge < -0.3 is 10.1 Å². The normalized spacial score (nSPS) is 14.8. The summed E-state index contributed by atoms with van der Waals surface area (Å²) in [5.41, 5.74) is 0.301. The number of aromatic nitrogens is 1. The van der Waals surface area contributed by atoms with Gasteiger partial charge in [-0.25, -0.2) is 4.98 Å². The van der Waals surface area contributed by atoms with Gasteiger partial charge in [0.15, 0.2) is 12.4 Å². The van der Waals surface area contributed by atoms with Crippen LogP contribution >= 0.6 is 23.2 Å². The van der Waals surface area contributed by atoms with Crippen LogP contribution in [-0.4, -0.2) is 23.5 Å². The number of hydrogen-bond acceptors (Lipinski definition) is 4. The molecule has 0 atom stereocenters. The van der Waals surface area contributed by atoms with Crippen molar-refractivity contribution in [3.05, 3.63) is 58.2 Å². The lowest BCUT2D eigenvalue weighted by Crippen LogP contribution is -2.28. The fourth-order valence-electron chi connectivity index (χ4n) is 2.44. The second kappa shape index (κ2) is 6.79. The first-order valence-electron chi connectivity index (χ1n) is 7.35. The van der Waals surface area contributed by atoms with Crippen LogP contribution in [0.4, 0.5) is 5.82 Å². The van der Waals surface area contributed by atoms with E-state index in [0.717, 1.165) is 18.4 Å². The Morgan fingerprint density at radius 3 is 2.54 bits per heavy atom. The van der Waals surface area contributed by atoms with Gasteiger partial charge in [0.25, 0.3) is 5.91 Å². The minimum Gasteiger partial charge on any atom is -0.455 e. The number of halogens is 2. The van der Waals surface area contributed by atoms with Crippen molar-refractivity contribution in [3.63, 3.8) is 0 Å². The van der Waals surface area contributed by atoms with Gasteiger partial charge in [0.1, 0.15) is 0 Å². The molecule has 1 saturated carbocycles. The molecule has 2 aromatic rings. The first-order valence-corrected chi connectivity index (χ1v) is 8.10. The molecule has 24 heavy (non-hydrogen) atoms. The second-order valence-corrected chi connectivity index (χ2v) is 6.40. The number of carbonyl (C=O) groups excluding carboxylic acids is 2. The third-order valence-electron chi connectivity index (χ3n) is 3.87. The summed E-state index contributed by atoms with van der Waals surface area (Å²) in [5.74, 6) is -0.728. The van der Waals surface area contributed by atoms with Crippen LogP contribution in [0.5, 0.6) is 0 Å². The van der Waals surface area contributed by atoms with Gasteiger partial charge in [-0.2, -0.15) is 0 Å². The van der Waals surface area contributed by atoms with Gasteiger partial charge in [0.2, 0.25) is 0 Å². The molecule has 124 valence electrons. The number of ether oxygens (including phenoxy) is 1. The molecule has 1 heterocycles. The first-order chi connectivity index (χ1) is 11.5. The van der Waals surface area contributed by atoms with E-state index in [9.17, 15) is 9.59 Å². The highest BCUT2D eigenvalue weighted by Crippen LogP contribution is 2.49. The zero-order chi connectivity index (χ0) is 17.2. The maximum atomic E-state index is 12.3. The van der Waals surface area contributed by atoms with E-state index in [4.69, 9.17) is 27.9 Å². The van der Waals surface area contributed by atoms with Gasteiger partial charge in [-0.1, -0.05) is 53.5 Å². The van der Waals surface area contributed by atoms with Crippen LogP contribution in [0.2, 0.25) is 10.0 Å². The average molecular weight is 365 g/mol. The maximum Gasteiger partial charge on any atom is 0.317 e. The molecule has 0 unspecified atom stereocenters. The van der Waals surface area contributed by atoms with Crippen molar-refractivity contribution in [2.75, 3.05) is 11.9 Å². The Balaban J connectivity index is 1.58. The number of nitrogens with zero attached hydrogens (tertiary/aromatic N) is 1. The molecule has 3 rings (SSSR count). The number of nitrogens with one attached hydrogen (secondary N) is 1. The standard InChI is InChI=1S/C17H14Cl2N2O3/c18-12-8-13(19)15(20-9-12)21-14(22)10-24-16(23)17(6-7-17)11-4-2-1-3-5-11/h1-5,8-9H,6-7,10H2,(H,20,21,22). The zero-order valence-electron chi connectivity index (χ0n) is 12.6. The van der Waals surface area contributed by atoms with Gasteiger partial charge >= 0.3 is 5.97 Å². The lowest BCUT2D eigenvalue weighted by molar-refractivity contribution is -0.150. The number of pyridine rings is 1. The molecular weight excluding hydrogens is 351 g/mol. The van der Waals surface area contributed by atoms with Crippen molar-refractivity contribution >= 4 is 40.9 Å². The molecule has 0 spiro atoms. The molecule has 1 amide bonds. The third-order valence-corrected chi connectivity index (χ3v) is 4.36. The Hall–Kier alpha value is -2.11. The Morgan fingerprint density at radius 2 is 1.92 bits per heavy atom. The van der Waals surface area contributed by atoms with E-state index in [1.165, 1.54) is 12.3 Å². The van der Waals surface area contributed by atoms with Crippen LogP contribution in [-0.2, 0) is 19.7 Å². The summed E-state index contributed by atoms with van der Waals surface area (Å²) in [5, 5.41) is 3.06. The van der Waals surface area contributed by atoms with Crippen LogP contribution in [0.25, 0.3) is 0 Å². The quantitative estimate of drug-likeness (QED) is 0.822. The number of anilines is 1. The number of benzene rings is 1. The Bertz CT molecular complexity index is 777. The Labute approximate surface area is 148 Å². The van der Waals surface area contributed by atoms with Crippen LogP contribution in [0.1, 0.15) is 18.4 Å². The summed E-state index contributed by atoms with van der Waals surface area (Å²) >= 11 is 11.7. The molecule has 1 aliphatic rings. The second-order valence-electron chi connectivity index (χ2n) is 5.56. The van der Waals surface area contributed by atoms with E-state index in [2.05, 4.69) is 10.3 Å². The Morgan fingerprint density at radius 1 is 1.21 bits per heavy atom. The number of hydrogen-bond donors (Lipinski definition) is 1. The summed E-state index contributed by atoms with van der Waals surface area (Å²) in [4.78, 5) is 28.2. The van der Waals surface area contributed by atoms with Gasteiger partial charge in [-0.05, 0) is 24.5 Å². The fraction of sp³-hybridized carbons (Fsp3) is 0.235. The molecule has 0 saturated heterocycles. The molecule has 1 aliphatic carbocycles. The third kappa shape index (κ3) is 3.52. The fourth-order valence-corrected chi connectivity index (χ4v) is 2.86. The van der Waals surface area contributed by atoms with Crippen molar-refractivity contribution in [1.82, 2.24) is 4.98 Å². The molecule has 1 aromatic carbocycles. The summed E-state index contributed by atoms with van der Waals surface area (Å²) < 4.78 is 5.17. The molecule has 0 radical (unpaired) electrons. The smallest absolute Gasteiger partial charge is 0.317 e. The highest BCUT2D eigenvalue weighted by molar-refractivity contribution is 6.36. The number of carbonyl (C=O) groups is 2. The van der Waals surface area contributed by atoms with E-state index >= 15 is 0 Å². The van der Waals surface area contributed by atoms with Crippen molar-refractivity contribution in [1.29, 1.82) is 0 Å². The topological polar surface area (TPSA) is 68.3 Å². The van der Waals surface area contributed by atoms with E-state index < -0.39 is 17.9 Å². The van der Waals surface area contributed by atoms with Crippen molar-refractivity contribution in [3.8, 4) is 0 Å². The van der Waals surface area contributed by atoms with Gasteiger partial charge in [0.05, 0.1) is 15.5 Å². The minimum atomic E-state index is -0.613. The molecule has 0 aliphatic heterocycles. The summed E-state index contributed by atoms with van der Waals surface area (Å²) in [6, 6.07) is 10.9. The lowest BCUT2D eigenvalue weighted by Gasteiger charge is -2.14.